The highest BCUT2D eigenvalue weighted by atomic mass is 32.1. The minimum absolute atomic E-state index is 0.674. The van der Waals surface area contributed by atoms with Crippen LogP contribution in [0.15, 0.2) is 0 Å². The summed E-state index contributed by atoms with van der Waals surface area (Å²) in [5, 5.41) is 8.15. The molecule has 0 aromatic carbocycles. The van der Waals surface area contributed by atoms with Crippen LogP contribution >= 0.6 is 23.6 Å². The summed E-state index contributed by atoms with van der Waals surface area (Å²) in [7, 11) is 0. The van der Waals surface area contributed by atoms with Crippen LogP contribution in [0.2, 0.25) is 0 Å². The van der Waals surface area contributed by atoms with Crippen LogP contribution in [0.3, 0.4) is 0 Å². The van der Waals surface area contributed by atoms with Crippen LogP contribution < -0.4 is 4.90 Å². The summed E-state index contributed by atoms with van der Waals surface area (Å²) in [4.78, 5) is 2.39. The van der Waals surface area contributed by atoms with Crippen LogP contribution in [-0.2, 0) is 0 Å². The molecule has 0 saturated heterocycles. The maximum atomic E-state index is 5.05. The molecule has 0 atom stereocenters. The summed E-state index contributed by atoms with van der Waals surface area (Å²) < 4.78 is 0.773. The van der Waals surface area contributed by atoms with Crippen molar-refractivity contribution in [1.29, 1.82) is 0 Å². The first-order chi connectivity index (χ1) is 6.66. The van der Waals surface area contributed by atoms with Crippen molar-refractivity contribution in [2.45, 2.75) is 32.7 Å². The molecule has 1 aliphatic carbocycles. The van der Waals surface area contributed by atoms with Crippen LogP contribution in [0.25, 0.3) is 0 Å². The van der Waals surface area contributed by atoms with E-state index in [0.29, 0.717) is 12.0 Å². The van der Waals surface area contributed by atoms with Gasteiger partial charge >= 0.3 is 0 Å². The van der Waals surface area contributed by atoms with Gasteiger partial charge in [0.2, 0.25) is 5.13 Å². The van der Waals surface area contributed by atoms with Gasteiger partial charge in [-0.15, -0.1) is 5.10 Å². The lowest BCUT2D eigenvalue weighted by molar-refractivity contribution is 0.604. The first kappa shape index (κ1) is 10.1. The van der Waals surface area contributed by atoms with Gasteiger partial charge in [-0.2, -0.15) is 0 Å². The lowest BCUT2D eigenvalue weighted by atomic mass is 10.2. The zero-order chi connectivity index (χ0) is 10.1. The van der Waals surface area contributed by atoms with E-state index < -0.39 is 0 Å². The summed E-state index contributed by atoms with van der Waals surface area (Å²) in [6.07, 6.45) is 2.61. The van der Waals surface area contributed by atoms with Crippen molar-refractivity contribution < 1.29 is 0 Å². The fourth-order valence-corrected chi connectivity index (χ4v) is 2.47. The summed E-state index contributed by atoms with van der Waals surface area (Å²) in [6, 6.07) is 0.714. The van der Waals surface area contributed by atoms with Gasteiger partial charge in [-0.25, -0.2) is 0 Å². The van der Waals surface area contributed by atoms with E-state index in [0.717, 1.165) is 15.6 Å². The number of hydrogen-bond acceptors (Lipinski definition) is 4. The Morgan fingerprint density at radius 3 is 2.79 bits per heavy atom. The number of rotatable bonds is 4. The van der Waals surface area contributed by atoms with Gasteiger partial charge < -0.3 is 4.90 Å². The van der Waals surface area contributed by atoms with Crippen molar-refractivity contribution in [1.82, 2.24) is 10.2 Å². The molecule has 0 aliphatic heterocycles. The molecule has 1 saturated carbocycles. The predicted molar refractivity (Wildman–Crippen MR) is 62.5 cm³/mol. The Morgan fingerprint density at radius 2 is 2.36 bits per heavy atom. The lowest BCUT2D eigenvalue weighted by Crippen LogP contribution is -2.29. The molecule has 78 valence electrons. The minimum atomic E-state index is 0.674. The van der Waals surface area contributed by atoms with E-state index in [1.165, 1.54) is 12.8 Å². The van der Waals surface area contributed by atoms with E-state index in [1.54, 1.807) is 11.3 Å². The number of hydrogen-bond donors (Lipinski definition) is 1. The molecule has 1 fully saturated rings. The zero-order valence-corrected chi connectivity index (χ0v) is 10.1. The zero-order valence-electron chi connectivity index (χ0n) is 8.49. The maximum absolute atomic E-state index is 5.05. The van der Waals surface area contributed by atoms with Crippen LogP contribution in [0.4, 0.5) is 5.13 Å². The molecule has 1 heterocycles. The summed E-state index contributed by atoms with van der Waals surface area (Å²) in [6.45, 7) is 5.56. The number of H-pyrrole nitrogens is 1. The van der Waals surface area contributed by atoms with Crippen LogP contribution in [0.1, 0.15) is 26.7 Å². The SMILES string of the molecule is CC(C)CN(c1n[nH]c(=S)s1)C1CC1. The van der Waals surface area contributed by atoms with Gasteiger partial charge in [0, 0.05) is 12.6 Å². The summed E-state index contributed by atoms with van der Waals surface area (Å²) in [5.41, 5.74) is 0. The van der Waals surface area contributed by atoms with E-state index in [1.807, 2.05) is 0 Å². The molecule has 5 heteroatoms. The first-order valence-electron chi connectivity index (χ1n) is 4.99. The Kier molecular flexibility index (Phi) is 2.88. The number of aromatic nitrogens is 2. The molecule has 1 aromatic rings. The fourth-order valence-electron chi connectivity index (χ4n) is 1.51. The van der Waals surface area contributed by atoms with Crippen LogP contribution in [-0.4, -0.2) is 22.8 Å². The molecule has 0 amide bonds. The molecule has 1 aliphatic rings. The molecule has 3 nitrogen and oxygen atoms in total. The van der Waals surface area contributed by atoms with E-state index in [2.05, 4.69) is 28.9 Å². The van der Waals surface area contributed by atoms with Gasteiger partial charge in [0.1, 0.15) is 0 Å². The lowest BCUT2D eigenvalue weighted by Gasteiger charge is -2.22. The minimum Gasteiger partial charge on any atom is -0.343 e. The Labute approximate surface area is 93.1 Å². The average molecular weight is 229 g/mol. The molecule has 0 radical (unpaired) electrons. The standard InChI is InChI=1S/C9H15N3S2/c1-6(2)5-12(7-3-4-7)8-10-11-9(13)14-8/h6-7H,3-5H2,1-2H3,(H,11,13). The second-order valence-corrected chi connectivity index (χ2v) is 5.82. The predicted octanol–water partition coefficient (Wildman–Crippen LogP) is 2.83. The molecule has 1 aromatic heterocycles. The third kappa shape index (κ3) is 2.33. The normalized spacial score (nSPS) is 16.2. The molecule has 0 bridgehead atoms. The second kappa shape index (κ2) is 3.98. The molecular weight excluding hydrogens is 214 g/mol. The van der Waals surface area contributed by atoms with Crippen molar-refractivity contribution in [3.05, 3.63) is 3.95 Å². The highest BCUT2D eigenvalue weighted by Gasteiger charge is 2.31. The summed E-state index contributed by atoms with van der Waals surface area (Å²) >= 11 is 6.63. The van der Waals surface area contributed by atoms with Gasteiger partial charge in [0.25, 0.3) is 0 Å². The van der Waals surface area contributed by atoms with Gasteiger partial charge in [0.05, 0.1) is 0 Å². The van der Waals surface area contributed by atoms with Crippen molar-refractivity contribution >= 4 is 28.7 Å². The number of anilines is 1. The van der Waals surface area contributed by atoms with E-state index in [9.17, 15) is 0 Å². The van der Waals surface area contributed by atoms with Gasteiger partial charge in [-0.05, 0) is 31.0 Å². The monoisotopic (exact) mass is 229 g/mol. The van der Waals surface area contributed by atoms with Crippen molar-refractivity contribution in [2.75, 3.05) is 11.4 Å². The van der Waals surface area contributed by atoms with Crippen molar-refractivity contribution in [3.63, 3.8) is 0 Å². The molecule has 0 unspecified atom stereocenters. The highest BCUT2D eigenvalue weighted by Crippen LogP contribution is 2.33. The Morgan fingerprint density at radius 1 is 1.64 bits per heavy atom. The topological polar surface area (TPSA) is 31.9 Å². The maximum Gasteiger partial charge on any atom is 0.207 e. The largest absolute Gasteiger partial charge is 0.343 e. The quantitative estimate of drug-likeness (QED) is 0.806. The fraction of sp³-hybridized carbons (Fsp3) is 0.778. The molecule has 0 spiro atoms. The first-order valence-corrected chi connectivity index (χ1v) is 6.21. The number of nitrogens with zero attached hydrogens (tertiary/aromatic N) is 2. The van der Waals surface area contributed by atoms with Gasteiger partial charge in [-0.3, -0.25) is 5.10 Å². The van der Waals surface area contributed by atoms with Crippen molar-refractivity contribution in [3.8, 4) is 0 Å². The van der Waals surface area contributed by atoms with E-state index in [-0.39, 0.29) is 0 Å². The summed E-state index contributed by atoms with van der Waals surface area (Å²) in [5.74, 6) is 0.674. The van der Waals surface area contributed by atoms with Gasteiger partial charge in [-0.1, -0.05) is 25.2 Å². The van der Waals surface area contributed by atoms with E-state index in [4.69, 9.17) is 12.2 Å². The van der Waals surface area contributed by atoms with E-state index >= 15 is 0 Å². The van der Waals surface area contributed by atoms with Crippen LogP contribution in [0, 0.1) is 9.87 Å². The molecule has 14 heavy (non-hydrogen) atoms. The average Bonchev–Trinajstić information content (AvgIpc) is 2.85. The Bertz CT molecular complexity index is 351. The molecule has 1 N–H and O–H groups in total. The smallest absolute Gasteiger partial charge is 0.207 e. The van der Waals surface area contributed by atoms with Crippen molar-refractivity contribution in [2.24, 2.45) is 5.92 Å². The molecular formula is C9H15N3S2. The Balaban J connectivity index is 2.13. The number of nitrogens with one attached hydrogen (secondary N) is 1. The third-order valence-electron chi connectivity index (χ3n) is 2.22. The second-order valence-electron chi connectivity index (χ2n) is 4.17. The Hall–Kier alpha value is -0.420. The number of aromatic amines is 1. The van der Waals surface area contributed by atoms with Crippen LogP contribution in [0.5, 0.6) is 0 Å². The third-order valence-corrected chi connectivity index (χ3v) is 3.35. The molecule has 2 rings (SSSR count). The van der Waals surface area contributed by atoms with Gasteiger partial charge in [0.15, 0.2) is 3.95 Å². The highest BCUT2D eigenvalue weighted by molar-refractivity contribution is 7.73.